The van der Waals surface area contributed by atoms with Crippen LogP contribution in [0, 0.1) is 10.1 Å². The normalized spacial score (nSPS) is 16.3. The summed E-state index contributed by atoms with van der Waals surface area (Å²) in [5.74, 6) is 0.612. The summed E-state index contributed by atoms with van der Waals surface area (Å²) >= 11 is 0. The molecule has 1 fully saturated rings. The van der Waals surface area contributed by atoms with Crippen molar-refractivity contribution in [3.63, 3.8) is 0 Å². The molecule has 0 amide bonds. The Balaban J connectivity index is 2.11. The molecular weight excluding hydrogens is 238 g/mol. The van der Waals surface area contributed by atoms with E-state index in [1.807, 2.05) is 0 Å². The molecule has 1 aromatic heterocycles. The highest BCUT2D eigenvalue weighted by Crippen LogP contribution is 2.22. The largest absolute Gasteiger partial charge is 0.381 e. The Morgan fingerprint density at radius 3 is 2.83 bits per heavy atom. The predicted octanol–water partition coefficient (Wildman–Crippen LogP) is 1.02. The molecule has 0 saturated carbocycles. The summed E-state index contributed by atoms with van der Waals surface area (Å²) in [6.07, 6.45) is 2.98. The van der Waals surface area contributed by atoms with Crippen molar-refractivity contribution < 1.29 is 9.66 Å². The van der Waals surface area contributed by atoms with Crippen molar-refractivity contribution in [2.75, 3.05) is 30.9 Å². The summed E-state index contributed by atoms with van der Waals surface area (Å²) < 4.78 is 5.25. The van der Waals surface area contributed by atoms with Crippen LogP contribution in [0.2, 0.25) is 0 Å². The second kappa shape index (κ2) is 5.58. The van der Waals surface area contributed by atoms with E-state index in [1.165, 1.54) is 6.20 Å². The van der Waals surface area contributed by atoms with Crippen LogP contribution in [0.25, 0.3) is 0 Å². The number of nitrogens with one attached hydrogen (secondary N) is 2. The van der Waals surface area contributed by atoms with Crippen molar-refractivity contribution >= 4 is 17.5 Å². The van der Waals surface area contributed by atoms with Gasteiger partial charge in [-0.2, -0.15) is 4.98 Å². The van der Waals surface area contributed by atoms with Crippen molar-refractivity contribution in [2.24, 2.45) is 0 Å². The molecule has 1 aliphatic heterocycles. The first-order chi connectivity index (χ1) is 8.70. The summed E-state index contributed by atoms with van der Waals surface area (Å²) in [5.41, 5.74) is -0.130. The number of nitro groups is 1. The van der Waals surface area contributed by atoms with Gasteiger partial charge in [0.2, 0.25) is 11.8 Å². The Labute approximate surface area is 104 Å². The topological polar surface area (TPSA) is 102 Å². The lowest BCUT2D eigenvalue weighted by molar-refractivity contribution is -0.384. The Morgan fingerprint density at radius 1 is 1.50 bits per heavy atom. The van der Waals surface area contributed by atoms with E-state index in [2.05, 4.69) is 20.6 Å². The molecule has 0 spiro atoms. The van der Waals surface area contributed by atoms with Crippen LogP contribution in [-0.2, 0) is 4.74 Å². The zero-order valence-corrected chi connectivity index (χ0v) is 10.0. The van der Waals surface area contributed by atoms with Gasteiger partial charge >= 0.3 is 5.69 Å². The zero-order chi connectivity index (χ0) is 13.0. The third-order valence-electron chi connectivity index (χ3n) is 2.76. The molecule has 18 heavy (non-hydrogen) atoms. The first-order valence-electron chi connectivity index (χ1n) is 5.74. The molecule has 8 nitrogen and oxygen atoms in total. The molecular formula is C10H15N5O3. The highest BCUT2D eigenvalue weighted by molar-refractivity contribution is 5.56. The van der Waals surface area contributed by atoms with Gasteiger partial charge in [0, 0.05) is 26.3 Å². The fraction of sp³-hybridized carbons (Fsp3) is 0.600. The van der Waals surface area contributed by atoms with Crippen LogP contribution in [0.3, 0.4) is 0 Å². The van der Waals surface area contributed by atoms with Crippen molar-refractivity contribution in [1.82, 2.24) is 9.97 Å². The van der Waals surface area contributed by atoms with Crippen molar-refractivity contribution in [3.8, 4) is 0 Å². The molecule has 2 rings (SSSR count). The van der Waals surface area contributed by atoms with E-state index in [9.17, 15) is 10.1 Å². The third kappa shape index (κ3) is 2.83. The number of hydrogen-bond donors (Lipinski definition) is 2. The molecule has 0 bridgehead atoms. The van der Waals surface area contributed by atoms with E-state index in [0.29, 0.717) is 19.2 Å². The number of anilines is 2. The number of rotatable bonds is 4. The number of hydrogen-bond acceptors (Lipinski definition) is 7. The van der Waals surface area contributed by atoms with Crippen LogP contribution in [-0.4, -0.2) is 41.2 Å². The van der Waals surface area contributed by atoms with Gasteiger partial charge in [0.1, 0.15) is 6.20 Å². The minimum absolute atomic E-state index is 0.130. The number of nitrogens with zero attached hydrogens (tertiary/aromatic N) is 3. The molecule has 8 heteroatoms. The van der Waals surface area contributed by atoms with Gasteiger partial charge in [0.05, 0.1) is 4.92 Å². The van der Waals surface area contributed by atoms with E-state index in [-0.39, 0.29) is 17.5 Å². The van der Waals surface area contributed by atoms with Gasteiger partial charge in [0.25, 0.3) is 0 Å². The van der Waals surface area contributed by atoms with Crippen molar-refractivity contribution in [3.05, 3.63) is 16.3 Å². The van der Waals surface area contributed by atoms with Gasteiger partial charge in [-0.25, -0.2) is 4.98 Å². The van der Waals surface area contributed by atoms with Gasteiger partial charge in [-0.15, -0.1) is 0 Å². The molecule has 0 atom stereocenters. The Kier molecular flexibility index (Phi) is 3.88. The van der Waals surface area contributed by atoms with Gasteiger partial charge in [-0.1, -0.05) is 0 Å². The first kappa shape index (κ1) is 12.5. The predicted molar refractivity (Wildman–Crippen MR) is 65.7 cm³/mol. The molecule has 2 N–H and O–H groups in total. The first-order valence-corrected chi connectivity index (χ1v) is 5.74. The standard InChI is InChI=1S/C10H15N5O3/c1-11-9-8(15(16)17)6-12-10(14-9)13-7-2-4-18-5-3-7/h6-7H,2-5H2,1H3,(H2,11,12,13,14). The van der Waals surface area contributed by atoms with E-state index in [0.717, 1.165) is 12.8 Å². The summed E-state index contributed by atoms with van der Waals surface area (Å²) in [6, 6.07) is 0.255. The van der Waals surface area contributed by atoms with Crippen LogP contribution in [0.4, 0.5) is 17.5 Å². The summed E-state index contributed by atoms with van der Waals surface area (Å²) in [7, 11) is 1.59. The molecule has 0 radical (unpaired) electrons. The van der Waals surface area contributed by atoms with E-state index >= 15 is 0 Å². The lowest BCUT2D eigenvalue weighted by Crippen LogP contribution is -2.28. The molecule has 0 aromatic carbocycles. The molecule has 1 saturated heterocycles. The summed E-state index contributed by atoms with van der Waals surface area (Å²) in [4.78, 5) is 18.3. The fourth-order valence-corrected chi connectivity index (χ4v) is 1.79. The molecule has 0 unspecified atom stereocenters. The second-order valence-electron chi connectivity index (χ2n) is 3.97. The second-order valence-corrected chi connectivity index (χ2v) is 3.97. The maximum absolute atomic E-state index is 10.7. The van der Waals surface area contributed by atoms with Gasteiger partial charge < -0.3 is 15.4 Å². The van der Waals surface area contributed by atoms with Gasteiger partial charge in [-0.3, -0.25) is 10.1 Å². The summed E-state index contributed by atoms with van der Waals surface area (Å²) in [5, 5.41) is 16.6. The quantitative estimate of drug-likeness (QED) is 0.610. The van der Waals surface area contributed by atoms with Crippen LogP contribution in [0.15, 0.2) is 6.20 Å². The Morgan fingerprint density at radius 2 is 2.22 bits per heavy atom. The third-order valence-corrected chi connectivity index (χ3v) is 2.76. The average molecular weight is 253 g/mol. The van der Waals surface area contributed by atoms with Crippen molar-refractivity contribution in [1.29, 1.82) is 0 Å². The summed E-state index contributed by atoms with van der Waals surface area (Å²) in [6.45, 7) is 1.42. The minimum Gasteiger partial charge on any atom is -0.381 e. The molecule has 0 aliphatic carbocycles. The molecule has 2 heterocycles. The van der Waals surface area contributed by atoms with Crippen LogP contribution in [0.1, 0.15) is 12.8 Å². The Hall–Kier alpha value is -1.96. The van der Waals surface area contributed by atoms with Crippen LogP contribution >= 0.6 is 0 Å². The monoisotopic (exact) mass is 253 g/mol. The molecule has 98 valence electrons. The van der Waals surface area contributed by atoms with Gasteiger partial charge in [-0.05, 0) is 12.8 Å². The Bertz CT molecular complexity index is 434. The fourth-order valence-electron chi connectivity index (χ4n) is 1.79. The van der Waals surface area contributed by atoms with E-state index in [1.54, 1.807) is 7.05 Å². The van der Waals surface area contributed by atoms with Crippen LogP contribution < -0.4 is 10.6 Å². The SMILES string of the molecule is CNc1nc(NC2CCOCC2)ncc1[N+](=O)[O-]. The highest BCUT2D eigenvalue weighted by atomic mass is 16.6. The highest BCUT2D eigenvalue weighted by Gasteiger charge is 2.18. The van der Waals surface area contributed by atoms with Crippen LogP contribution in [0.5, 0.6) is 0 Å². The lowest BCUT2D eigenvalue weighted by atomic mass is 10.1. The molecule has 1 aromatic rings. The van der Waals surface area contributed by atoms with Gasteiger partial charge in [0.15, 0.2) is 0 Å². The zero-order valence-electron chi connectivity index (χ0n) is 10.0. The minimum atomic E-state index is -0.510. The number of aromatic nitrogens is 2. The average Bonchev–Trinajstić information content (AvgIpc) is 2.39. The number of ether oxygens (including phenoxy) is 1. The lowest BCUT2D eigenvalue weighted by Gasteiger charge is -2.23. The maximum atomic E-state index is 10.7. The van der Waals surface area contributed by atoms with E-state index < -0.39 is 4.92 Å². The maximum Gasteiger partial charge on any atom is 0.329 e. The smallest absolute Gasteiger partial charge is 0.329 e. The molecule has 1 aliphatic rings. The van der Waals surface area contributed by atoms with Crippen molar-refractivity contribution in [2.45, 2.75) is 18.9 Å². The van der Waals surface area contributed by atoms with E-state index in [4.69, 9.17) is 4.74 Å².